The summed E-state index contributed by atoms with van der Waals surface area (Å²) in [4.78, 5) is 0. The first kappa shape index (κ1) is 36.8. The summed E-state index contributed by atoms with van der Waals surface area (Å²) in [7, 11) is -7.56. The Bertz CT molecular complexity index is 742. The topological polar surface area (TPSA) is 36.9 Å². The third kappa shape index (κ3) is 6.14. The number of rotatable bonds is 0. The van der Waals surface area contributed by atoms with Crippen LogP contribution in [-0.4, -0.2) is 55.9 Å². The van der Waals surface area contributed by atoms with Gasteiger partial charge in [0.15, 0.2) is 0 Å². The van der Waals surface area contributed by atoms with Crippen LogP contribution in [-0.2, 0) is 11.1 Å². The quantitative estimate of drug-likeness (QED) is 0.181. The average molecular weight is 776 g/mol. The van der Waals surface area contributed by atoms with Gasteiger partial charge in [-0.2, -0.15) is 0 Å². The van der Waals surface area contributed by atoms with E-state index < -0.39 is 60.9 Å². The van der Waals surface area contributed by atoms with Crippen molar-refractivity contribution in [3.63, 3.8) is 0 Å². The summed E-state index contributed by atoms with van der Waals surface area (Å²) in [5.41, 5.74) is 0. The minimum absolute atomic E-state index is 0.297. The zero-order chi connectivity index (χ0) is 30.3. The van der Waals surface area contributed by atoms with Gasteiger partial charge in [-0.25, -0.2) is 0 Å². The molecule has 0 N–H and O–H groups in total. The van der Waals surface area contributed by atoms with Crippen LogP contribution in [0.2, 0.25) is 28.8 Å². The molecule has 1 aliphatic heterocycles. The molecule has 1 rings (SSSR count). The van der Waals surface area contributed by atoms with E-state index >= 15 is 4.11 Å². The maximum absolute atomic E-state index is 18.1. The van der Waals surface area contributed by atoms with E-state index in [9.17, 15) is 0 Å². The molecule has 0 amide bonds. The summed E-state index contributed by atoms with van der Waals surface area (Å²) in [5, 5.41) is -1.40. The van der Waals surface area contributed by atoms with Gasteiger partial charge in [-0.3, -0.25) is 0 Å². The van der Waals surface area contributed by atoms with Crippen molar-refractivity contribution in [1.29, 1.82) is 0 Å². The van der Waals surface area contributed by atoms with E-state index in [1.807, 2.05) is 20.8 Å². The molecular formula is C28H63FO4Si2Sn2. The second-order valence-corrected chi connectivity index (χ2v) is 57.3. The van der Waals surface area contributed by atoms with Crippen LogP contribution in [0, 0.1) is 0 Å². The van der Waals surface area contributed by atoms with Gasteiger partial charge in [0.2, 0.25) is 0 Å². The van der Waals surface area contributed by atoms with Crippen molar-refractivity contribution in [2.75, 3.05) is 0 Å². The normalized spacial score (nSPS) is 23.8. The van der Waals surface area contributed by atoms with Crippen LogP contribution in [0.15, 0.2) is 0 Å². The summed E-state index contributed by atoms with van der Waals surface area (Å²) in [6.45, 7) is 45.8. The Hall–Kier alpha value is 1.80. The average Bonchev–Trinajstić information content (AvgIpc) is 2.49. The molecule has 1 saturated heterocycles. The summed E-state index contributed by atoms with van der Waals surface area (Å²) in [6, 6.07) is 0. The molecule has 9 heteroatoms. The van der Waals surface area contributed by atoms with Gasteiger partial charge in [0.25, 0.3) is 0 Å². The first-order valence-electron chi connectivity index (χ1n) is 14.1. The molecule has 0 aromatic heterocycles. The molecule has 1 heterocycles. The van der Waals surface area contributed by atoms with Crippen LogP contribution >= 0.6 is 0 Å². The molecule has 0 atom stereocenters. The third-order valence-electron chi connectivity index (χ3n) is 7.94. The second kappa shape index (κ2) is 9.93. The molecule has 0 bridgehead atoms. The minimum atomic E-state index is -4.51. The monoisotopic (exact) mass is 778 g/mol. The molecule has 1 aliphatic rings. The molecule has 0 saturated carbocycles. The van der Waals surface area contributed by atoms with Crippen LogP contribution in [0.3, 0.4) is 0 Å². The fraction of sp³-hybridized carbons (Fsp3) is 1.00. The zero-order valence-corrected chi connectivity index (χ0v) is 36.2. The molecule has 4 nitrogen and oxygen atoms in total. The van der Waals surface area contributed by atoms with E-state index in [2.05, 4.69) is 125 Å². The van der Waals surface area contributed by atoms with Crippen LogP contribution < -0.4 is 0 Å². The molecule has 0 radical (unpaired) electrons. The summed E-state index contributed by atoms with van der Waals surface area (Å²) in [6.07, 6.45) is 0. The van der Waals surface area contributed by atoms with E-state index in [0.717, 1.165) is 0 Å². The van der Waals surface area contributed by atoms with Gasteiger partial charge in [0.05, 0.1) is 0 Å². The Morgan fingerprint density at radius 3 is 0.730 bits per heavy atom. The third-order valence-corrected chi connectivity index (χ3v) is 57.7. The van der Waals surface area contributed by atoms with Crippen LogP contribution in [0.4, 0.5) is 4.11 Å². The summed E-state index contributed by atoms with van der Waals surface area (Å²) in [5.74, 6) is 0. The molecular weight excluding hydrogens is 713 g/mol. The number of halogens is 1. The number of hydrogen-bond acceptors (Lipinski definition) is 4. The van der Waals surface area contributed by atoms with E-state index in [1.165, 1.54) is 0 Å². The molecule has 0 aromatic rings. The molecule has 0 unspecified atom stereocenters. The molecule has 1 fully saturated rings. The van der Waals surface area contributed by atoms with Gasteiger partial charge < -0.3 is 0 Å². The fourth-order valence-electron chi connectivity index (χ4n) is 6.38. The van der Waals surface area contributed by atoms with Crippen LogP contribution in [0.5, 0.6) is 0 Å². The van der Waals surface area contributed by atoms with Crippen molar-refractivity contribution in [3.05, 3.63) is 0 Å². The second-order valence-electron chi connectivity index (χ2n) is 18.5. The SMILES string of the molecule is CC(C)(C)[Si]1(F)[O][Sn]([C](C)(C)C)([C](C)(C)C)[O][Si](C(C)(C)C)(C(C)(C)C)[O][Sn]([C](C)(C)C)([C](C)(C)C)[O]1. The van der Waals surface area contributed by atoms with E-state index in [-0.39, 0.29) is 23.8 Å². The van der Waals surface area contributed by atoms with Crippen molar-refractivity contribution < 1.29 is 15.2 Å². The van der Waals surface area contributed by atoms with E-state index in [1.54, 1.807) is 0 Å². The van der Waals surface area contributed by atoms with Crippen molar-refractivity contribution in [2.45, 2.75) is 174 Å². The van der Waals surface area contributed by atoms with Crippen molar-refractivity contribution in [1.82, 2.24) is 0 Å². The summed E-state index contributed by atoms with van der Waals surface area (Å²) >= 11 is -9.02. The van der Waals surface area contributed by atoms with Crippen LogP contribution in [0.1, 0.15) is 145 Å². The van der Waals surface area contributed by atoms with Gasteiger partial charge in [-0.1, -0.05) is 0 Å². The Morgan fingerprint density at radius 2 is 0.595 bits per heavy atom. The Labute approximate surface area is 243 Å². The molecule has 222 valence electrons. The van der Waals surface area contributed by atoms with Gasteiger partial charge >= 0.3 is 245 Å². The Kier molecular flexibility index (Phi) is 9.88. The van der Waals surface area contributed by atoms with Gasteiger partial charge in [-0.15, -0.1) is 0 Å². The van der Waals surface area contributed by atoms with Gasteiger partial charge in [0, 0.05) is 0 Å². The zero-order valence-electron chi connectivity index (χ0n) is 28.5. The van der Waals surface area contributed by atoms with Crippen molar-refractivity contribution in [3.8, 4) is 0 Å². The summed E-state index contributed by atoms with van der Waals surface area (Å²) < 4.78 is 47.2. The fourth-order valence-corrected chi connectivity index (χ4v) is 85.3. The van der Waals surface area contributed by atoms with Crippen LogP contribution in [0.25, 0.3) is 0 Å². The van der Waals surface area contributed by atoms with Gasteiger partial charge in [0.1, 0.15) is 0 Å². The Balaban J connectivity index is 4.57. The van der Waals surface area contributed by atoms with E-state index in [4.69, 9.17) is 11.1 Å². The van der Waals surface area contributed by atoms with Crippen molar-refractivity contribution in [2.24, 2.45) is 0 Å². The molecule has 37 heavy (non-hydrogen) atoms. The molecule has 0 aliphatic carbocycles. The maximum atomic E-state index is 18.1. The predicted molar refractivity (Wildman–Crippen MR) is 166 cm³/mol. The first-order chi connectivity index (χ1) is 15.6. The Morgan fingerprint density at radius 1 is 0.378 bits per heavy atom. The molecule has 0 aromatic carbocycles. The van der Waals surface area contributed by atoms with E-state index in [0.29, 0.717) is 0 Å². The standard InChI is InChI=1S/C8H18O2Si.C4H9FO2Si.4C4H9.2Sn/c1-7(2,3)11(9,10)8(4,5)6;1-4(2,3)8(5,6)7;4*1-4(2)3;;/h1-6H3;1-3H3;4*1-3H3;;/q2*-2;;;;;2*+2. The molecule has 0 spiro atoms. The first-order valence-corrected chi connectivity index (χ1v) is 28.0. The van der Waals surface area contributed by atoms with Gasteiger partial charge in [-0.05, 0) is 0 Å². The van der Waals surface area contributed by atoms with Crippen molar-refractivity contribution >= 4 is 55.9 Å². The number of hydrogen-bond donors (Lipinski definition) is 0. The predicted octanol–water partition coefficient (Wildman–Crippen LogP) is 10.9.